The summed E-state index contributed by atoms with van der Waals surface area (Å²) in [4.78, 5) is 11.7. The highest BCUT2D eigenvalue weighted by Crippen LogP contribution is 2.19. The number of halogens is 2. The lowest BCUT2D eigenvalue weighted by Gasteiger charge is -2.17. The monoisotopic (exact) mass is 396 g/mol. The fraction of sp³-hybridized carbons (Fsp3) is 0.316. The van der Waals surface area contributed by atoms with Gasteiger partial charge in [0.2, 0.25) is 15.9 Å². The summed E-state index contributed by atoms with van der Waals surface area (Å²) in [6, 6.07) is 8.03. The van der Waals surface area contributed by atoms with Crippen molar-refractivity contribution in [2.45, 2.75) is 38.1 Å². The highest BCUT2D eigenvalue weighted by molar-refractivity contribution is 7.89. The third-order valence-corrected chi connectivity index (χ3v) is 5.58. The number of benzene rings is 2. The van der Waals surface area contributed by atoms with Crippen LogP contribution in [0.1, 0.15) is 36.1 Å². The smallest absolute Gasteiger partial charge is 0.240 e. The zero-order chi connectivity index (χ0) is 20.2. The van der Waals surface area contributed by atoms with Crippen LogP contribution in [0, 0.1) is 25.5 Å². The van der Waals surface area contributed by atoms with Gasteiger partial charge in [0.15, 0.2) is 11.6 Å². The number of aryl methyl sites for hydroxylation is 2. The van der Waals surface area contributed by atoms with Gasteiger partial charge in [-0.05, 0) is 50.1 Å². The highest BCUT2D eigenvalue weighted by Gasteiger charge is 2.17. The van der Waals surface area contributed by atoms with Gasteiger partial charge in [-0.1, -0.05) is 23.8 Å². The maximum Gasteiger partial charge on any atom is 0.240 e. The Morgan fingerprint density at radius 1 is 1.07 bits per heavy atom. The van der Waals surface area contributed by atoms with Crippen LogP contribution in [0.2, 0.25) is 0 Å². The molecule has 2 N–H and O–H groups in total. The van der Waals surface area contributed by atoms with E-state index in [9.17, 15) is 22.0 Å². The molecule has 8 heteroatoms. The Balaban J connectivity index is 1.91. The molecule has 5 nitrogen and oxygen atoms in total. The topological polar surface area (TPSA) is 75.3 Å². The van der Waals surface area contributed by atoms with Gasteiger partial charge in [-0.2, -0.15) is 0 Å². The number of rotatable bonds is 7. The van der Waals surface area contributed by atoms with E-state index in [1.54, 1.807) is 0 Å². The van der Waals surface area contributed by atoms with Crippen LogP contribution in [-0.4, -0.2) is 20.9 Å². The van der Waals surface area contributed by atoms with E-state index in [2.05, 4.69) is 10.0 Å². The Labute approximate surface area is 157 Å². The summed E-state index contributed by atoms with van der Waals surface area (Å²) in [6.45, 7) is 5.61. The summed E-state index contributed by atoms with van der Waals surface area (Å²) in [6.07, 6.45) is -0.0852. The number of carbonyl (C=O) groups excluding carboxylic acids is 1. The van der Waals surface area contributed by atoms with Crippen molar-refractivity contribution < 1.29 is 22.0 Å². The minimum atomic E-state index is -4.02. The molecule has 0 bridgehead atoms. The summed E-state index contributed by atoms with van der Waals surface area (Å²) >= 11 is 0. The van der Waals surface area contributed by atoms with Crippen LogP contribution in [-0.2, 0) is 14.8 Å². The van der Waals surface area contributed by atoms with Crippen LogP contribution in [0.4, 0.5) is 8.78 Å². The fourth-order valence-electron chi connectivity index (χ4n) is 2.64. The van der Waals surface area contributed by atoms with Crippen molar-refractivity contribution in [3.8, 4) is 0 Å². The van der Waals surface area contributed by atoms with Crippen LogP contribution in [0.15, 0.2) is 41.3 Å². The van der Waals surface area contributed by atoms with Crippen molar-refractivity contribution in [1.29, 1.82) is 0 Å². The molecule has 146 valence electrons. The summed E-state index contributed by atoms with van der Waals surface area (Å²) in [5.74, 6) is -2.71. The van der Waals surface area contributed by atoms with Gasteiger partial charge >= 0.3 is 0 Å². The van der Waals surface area contributed by atoms with Gasteiger partial charge in [0.1, 0.15) is 0 Å². The Morgan fingerprint density at radius 3 is 2.44 bits per heavy atom. The van der Waals surface area contributed by atoms with E-state index in [0.29, 0.717) is 6.07 Å². The first kappa shape index (κ1) is 21.0. The van der Waals surface area contributed by atoms with Crippen molar-refractivity contribution in [3.05, 3.63) is 64.7 Å². The molecule has 0 aliphatic carbocycles. The molecule has 2 rings (SSSR count). The summed E-state index contributed by atoms with van der Waals surface area (Å²) < 4.78 is 52.5. The zero-order valence-corrected chi connectivity index (χ0v) is 16.2. The zero-order valence-electron chi connectivity index (χ0n) is 15.3. The molecule has 0 spiro atoms. The Kier molecular flexibility index (Phi) is 6.67. The average Bonchev–Trinajstić information content (AvgIpc) is 2.59. The van der Waals surface area contributed by atoms with Gasteiger partial charge in [0.25, 0.3) is 0 Å². The molecule has 1 amide bonds. The summed E-state index contributed by atoms with van der Waals surface area (Å²) in [5.41, 5.74) is 3.12. The van der Waals surface area contributed by atoms with Crippen LogP contribution >= 0.6 is 0 Å². The van der Waals surface area contributed by atoms with Gasteiger partial charge in [-0.25, -0.2) is 21.9 Å². The maximum atomic E-state index is 13.2. The van der Waals surface area contributed by atoms with Crippen LogP contribution < -0.4 is 10.0 Å². The Morgan fingerprint density at radius 2 is 1.78 bits per heavy atom. The van der Waals surface area contributed by atoms with Crippen molar-refractivity contribution in [2.24, 2.45) is 0 Å². The van der Waals surface area contributed by atoms with Crippen LogP contribution in [0.3, 0.4) is 0 Å². The number of hydrogen-bond donors (Lipinski definition) is 2. The van der Waals surface area contributed by atoms with Crippen molar-refractivity contribution in [2.75, 3.05) is 6.54 Å². The molecule has 0 aromatic heterocycles. The Bertz CT molecular complexity index is 946. The molecule has 27 heavy (non-hydrogen) atoms. The van der Waals surface area contributed by atoms with Crippen LogP contribution in [0.25, 0.3) is 0 Å². The largest absolute Gasteiger partial charge is 0.350 e. The fourth-order valence-corrected chi connectivity index (χ4v) is 3.69. The molecule has 1 atom stereocenters. The normalized spacial score (nSPS) is 12.6. The van der Waals surface area contributed by atoms with Crippen molar-refractivity contribution in [3.63, 3.8) is 0 Å². The SMILES string of the molecule is Cc1ccc(C)c(C(C)NC(=O)CCNS(=O)(=O)c2ccc(F)c(F)c2)c1. The number of carbonyl (C=O) groups is 1. The van der Waals surface area contributed by atoms with Crippen molar-refractivity contribution in [1.82, 2.24) is 10.0 Å². The second kappa shape index (κ2) is 8.58. The lowest BCUT2D eigenvalue weighted by atomic mass is 10.00. The van der Waals surface area contributed by atoms with E-state index in [4.69, 9.17) is 0 Å². The number of amides is 1. The lowest BCUT2D eigenvalue weighted by molar-refractivity contribution is -0.121. The first-order chi connectivity index (χ1) is 12.6. The molecule has 0 radical (unpaired) electrons. The quantitative estimate of drug-likeness (QED) is 0.755. The van der Waals surface area contributed by atoms with E-state index in [1.165, 1.54) is 0 Å². The van der Waals surface area contributed by atoms with Gasteiger partial charge in [0.05, 0.1) is 10.9 Å². The van der Waals surface area contributed by atoms with E-state index in [1.807, 2.05) is 39.0 Å². The molecule has 1 unspecified atom stereocenters. The van der Waals surface area contributed by atoms with Gasteiger partial charge in [-0.15, -0.1) is 0 Å². The second-order valence-electron chi connectivity index (χ2n) is 6.37. The number of sulfonamides is 1. The Hall–Kier alpha value is -2.32. The third-order valence-electron chi connectivity index (χ3n) is 4.12. The predicted molar refractivity (Wildman–Crippen MR) is 98.6 cm³/mol. The first-order valence-corrected chi connectivity index (χ1v) is 9.89. The third kappa shape index (κ3) is 5.58. The maximum absolute atomic E-state index is 13.2. The second-order valence-corrected chi connectivity index (χ2v) is 8.14. The lowest BCUT2D eigenvalue weighted by Crippen LogP contribution is -2.32. The van der Waals surface area contributed by atoms with Crippen molar-refractivity contribution >= 4 is 15.9 Å². The van der Waals surface area contributed by atoms with Gasteiger partial charge in [0, 0.05) is 13.0 Å². The first-order valence-electron chi connectivity index (χ1n) is 8.41. The molecule has 0 heterocycles. The summed E-state index contributed by atoms with van der Waals surface area (Å²) in [7, 11) is -4.02. The van der Waals surface area contributed by atoms with E-state index < -0.39 is 26.6 Å². The van der Waals surface area contributed by atoms with E-state index in [-0.39, 0.29) is 24.9 Å². The molecule has 0 fully saturated rings. The molecule has 0 saturated carbocycles. The molecular formula is C19H22F2N2O3S. The molecule has 2 aromatic carbocycles. The average molecular weight is 396 g/mol. The van der Waals surface area contributed by atoms with Crippen LogP contribution in [0.5, 0.6) is 0 Å². The minimum Gasteiger partial charge on any atom is -0.350 e. The summed E-state index contributed by atoms with van der Waals surface area (Å²) in [5, 5.41) is 2.82. The minimum absolute atomic E-state index is 0.0852. The molecule has 2 aromatic rings. The standard InChI is InChI=1S/C19H22F2N2O3S/c1-12-4-5-13(2)16(10-12)14(3)23-19(24)8-9-22-27(25,26)15-6-7-17(20)18(21)11-15/h4-7,10-11,14,22H,8-9H2,1-3H3,(H,23,24). The molecular weight excluding hydrogens is 374 g/mol. The number of hydrogen-bond acceptors (Lipinski definition) is 3. The van der Waals surface area contributed by atoms with Gasteiger partial charge < -0.3 is 5.32 Å². The predicted octanol–water partition coefficient (Wildman–Crippen LogP) is 3.13. The van der Waals surface area contributed by atoms with E-state index >= 15 is 0 Å². The molecule has 0 saturated heterocycles. The highest BCUT2D eigenvalue weighted by atomic mass is 32.2. The number of nitrogens with one attached hydrogen (secondary N) is 2. The molecule has 0 aliphatic rings. The molecule has 0 aliphatic heterocycles. The van der Waals surface area contributed by atoms with Gasteiger partial charge in [-0.3, -0.25) is 4.79 Å². The van der Waals surface area contributed by atoms with E-state index in [0.717, 1.165) is 28.8 Å².